The lowest BCUT2D eigenvalue weighted by molar-refractivity contribution is 0.496. The standard InChI is InChI=1S/C9H16N2S2/c12-8-4-2-1-3-7(11-8)9-10-5-6-13-9/h7,9-10H,1-6H2,(H,11,12). The zero-order chi connectivity index (χ0) is 9.10. The fraction of sp³-hybridized carbons (Fsp3) is 0.889. The second-order valence-corrected chi connectivity index (χ2v) is 5.41. The Morgan fingerprint density at radius 3 is 3.08 bits per heavy atom. The van der Waals surface area contributed by atoms with Crippen molar-refractivity contribution in [2.24, 2.45) is 0 Å². The molecule has 2 aliphatic heterocycles. The minimum atomic E-state index is 0.572. The van der Waals surface area contributed by atoms with Crippen LogP contribution in [0.5, 0.6) is 0 Å². The van der Waals surface area contributed by atoms with Gasteiger partial charge in [0.25, 0.3) is 0 Å². The Kier molecular flexibility index (Phi) is 3.46. The summed E-state index contributed by atoms with van der Waals surface area (Å²) >= 11 is 7.28. The quantitative estimate of drug-likeness (QED) is 0.649. The first kappa shape index (κ1) is 9.74. The van der Waals surface area contributed by atoms with E-state index in [0.29, 0.717) is 11.4 Å². The van der Waals surface area contributed by atoms with Gasteiger partial charge >= 0.3 is 0 Å². The number of thiocarbonyl (C=S) groups is 1. The first-order valence-electron chi connectivity index (χ1n) is 5.00. The molecule has 74 valence electrons. The highest BCUT2D eigenvalue weighted by Gasteiger charge is 2.26. The van der Waals surface area contributed by atoms with Gasteiger partial charge in [0, 0.05) is 12.3 Å². The van der Waals surface area contributed by atoms with Gasteiger partial charge in [-0.1, -0.05) is 18.6 Å². The van der Waals surface area contributed by atoms with E-state index in [1.807, 2.05) is 11.8 Å². The van der Waals surface area contributed by atoms with Crippen molar-refractivity contribution in [1.29, 1.82) is 0 Å². The lowest BCUT2D eigenvalue weighted by Gasteiger charge is -2.23. The van der Waals surface area contributed by atoms with Crippen LogP contribution in [0.4, 0.5) is 0 Å². The van der Waals surface area contributed by atoms with Crippen molar-refractivity contribution in [2.45, 2.75) is 37.1 Å². The maximum absolute atomic E-state index is 5.26. The van der Waals surface area contributed by atoms with E-state index in [4.69, 9.17) is 12.2 Å². The molecule has 2 atom stereocenters. The molecule has 2 rings (SSSR count). The molecular formula is C9H16N2S2. The van der Waals surface area contributed by atoms with E-state index in [0.717, 1.165) is 18.0 Å². The van der Waals surface area contributed by atoms with Gasteiger partial charge in [-0.15, -0.1) is 11.8 Å². The normalized spacial score (nSPS) is 35.5. The van der Waals surface area contributed by atoms with Gasteiger partial charge in [-0.2, -0.15) is 0 Å². The van der Waals surface area contributed by atoms with Crippen LogP contribution in [0, 0.1) is 0 Å². The predicted octanol–water partition coefficient (Wildman–Crippen LogP) is 1.51. The third kappa shape index (κ3) is 2.58. The molecule has 2 nitrogen and oxygen atoms in total. The summed E-state index contributed by atoms with van der Waals surface area (Å²) in [5.74, 6) is 1.25. The molecule has 2 heterocycles. The van der Waals surface area contributed by atoms with Crippen LogP contribution >= 0.6 is 24.0 Å². The number of hydrogen-bond donors (Lipinski definition) is 2. The van der Waals surface area contributed by atoms with Crippen molar-refractivity contribution >= 4 is 29.0 Å². The molecule has 2 N–H and O–H groups in total. The molecule has 13 heavy (non-hydrogen) atoms. The third-order valence-electron chi connectivity index (χ3n) is 2.63. The molecule has 2 saturated heterocycles. The van der Waals surface area contributed by atoms with Crippen LogP contribution in [0.1, 0.15) is 25.7 Å². The molecule has 2 unspecified atom stereocenters. The van der Waals surface area contributed by atoms with Gasteiger partial charge in [0.1, 0.15) is 0 Å². The van der Waals surface area contributed by atoms with Crippen molar-refractivity contribution in [3.63, 3.8) is 0 Å². The molecular weight excluding hydrogens is 200 g/mol. The van der Waals surface area contributed by atoms with Crippen molar-refractivity contribution in [2.75, 3.05) is 12.3 Å². The second kappa shape index (κ2) is 4.62. The SMILES string of the molecule is S=C1CCCCC(C2NCCS2)N1. The summed E-state index contributed by atoms with van der Waals surface area (Å²) in [6.07, 6.45) is 4.93. The zero-order valence-corrected chi connectivity index (χ0v) is 9.35. The van der Waals surface area contributed by atoms with E-state index in [-0.39, 0.29) is 0 Å². The van der Waals surface area contributed by atoms with Crippen molar-refractivity contribution < 1.29 is 0 Å². The smallest absolute Gasteiger partial charge is 0.0756 e. The van der Waals surface area contributed by atoms with E-state index >= 15 is 0 Å². The molecule has 0 amide bonds. The second-order valence-electron chi connectivity index (χ2n) is 3.67. The van der Waals surface area contributed by atoms with Crippen LogP contribution in [-0.2, 0) is 0 Å². The van der Waals surface area contributed by atoms with Crippen molar-refractivity contribution in [1.82, 2.24) is 10.6 Å². The molecule has 0 saturated carbocycles. The minimum absolute atomic E-state index is 0.572. The van der Waals surface area contributed by atoms with Crippen LogP contribution in [-0.4, -0.2) is 28.7 Å². The predicted molar refractivity (Wildman–Crippen MR) is 62.2 cm³/mol. The van der Waals surface area contributed by atoms with Crippen molar-refractivity contribution in [3.8, 4) is 0 Å². The first-order chi connectivity index (χ1) is 6.36. The van der Waals surface area contributed by atoms with Crippen LogP contribution < -0.4 is 10.6 Å². The highest BCUT2D eigenvalue weighted by molar-refractivity contribution is 8.00. The van der Waals surface area contributed by atoms with Crippen LogP contribution in [0.3, 0.4) is 0 Å². The summed E-state index contributed by atoms with van der Waals surface area (Å²) in [4.78, 5) is 1.07. The number of nitrogens with one attached hydrogen (secondary N) is 2. The monoisotopic (exact) mass is 216 g/mol. The maximum Gasteiger partial charge on any atom is 0.0756 e. The molecule has 0 aromatic heterocycles. The average molecular weight is 216 g/mol. The molecule has 2 fully saturated rings. The Morgan fingerprint density at radius 1 is 1.38 bits per heavy atom. The van der Waals surface area contributed by atoms with Crippen LogP contribution in [0.2, 0.25) is 0 Å². The molecule has 0 aromatic carbocycles. The number of hydrogen-bond acceptors (Lipinski definition) is 3. The molecule has 0 bridgehead atoms. The summed E-state index contributed by atoms with van der Waals surface area (Å²) in [5.41, 5.74) is 0. The number of rotatable bonds is 1. The summed E-state index contributed by atoms with van der Waals surface area (Å²) in [5, 5.41) is 7.58. The van der Waals surface area contributed by atoms with E-state index in [2.05, 4.69) is 10.6 Å². The molecule has 0 spiro atoms. The van der Waals surface area contributed by atoms with Crippen LogP contribution in [0.25, 0.3) is 0 Å². The Hall–Kier alpha value is 0.200. The molecule has 0 aliphatic carbocycles. The molecule has 0 radical (unpaired) electrons. The van der Waals surface area contributed by atoms with Gasteiger partial charge in [-0.25, -0.2) is 0 Å². The summed E-state index contributed by atoms with van der Waals surface area (Å²) in [7, 11) is 0. The molecule has 2 aliphatic rings. The third-order valence-corrected chi connectivity index (χ3v) is 4.24. The lowest BCUT2D eigenvalue weighted by atomic mass is 10.1. The Morgan fingerprint density at radius 2 is 2.31 bits per heavy atom. The summed E-state index contributed by atoms with van der Waals surface area (Å²) in [6.45, 7) is 1.15. The van der Waals surface area contributed by atoms with Gasteiger partial charge in [0.2, 0.25) is 0 Å². The lowest BCUT2D eigenvalue weighted by Crippen LogP contribution is -2.44. The van der Waals surface area contributed by atoms with E-state index < -0.39 is 0 Å². The summed E-state index contributed by atoms with van der Waals surface area (Å²) < 4.78 is 0. The minimum Gasteiger partial charge on any atom is -0.374 e. The van der Waals surface area contributed by atoms with Crippen LogP contribution in [0.15, 0.2) is 0 Å². The van der Waals surface area contributed by atoms with Crippen molar-refractivity contribution in [3.05, 3.63) is 0 Å². The zero-order valence-electron chi connectivity index (χ0n) is 7.71. The van der Waals surface area contributed by atoms with Gasteiger partial charge in [-0.3, -0.25) is 0 Å². The largest absolute Gasteiger partial charge is 0.374 e. The number of thioether (sulfide) groups is 1. The summed E-state index contributed by atoms with van der Waals surface area (Å²) in [6, 6.07) is 0.572. The highest BCUT2D eigenvalue weighted by Crippen LogP contribution is 2.22. The average Bonchev–Trinajstić information content (AvgIpc) is 2.56. The van der Waals surface area contributed by atoms with E-state index in [9.17, 15) is 0 Å². The van der Waals surface area contributed by atoms with Gasteiger partial charge in [0.15, 0.2) is 0 Å². The van der Waals surface area contributed by atoms with Gasteiger partial charge in [-0.05, 0) is 19.3 Å². The Labute approximate surface area is 89.2 Å². The maximum atomic E-state index is 5.26. The molecule has 0 aromatic rings. The van der Waals surface area contributed by atoms with Gasteiger partial charge < -0.3 is 10.6 Å². The van der Waals surface area contributed by atoms with E-state index in [1.165, 1.54) is 25.0 Å². The Bertz CT molecular complexity index is 190. The fourth-order valence-corrected chi connectivity index (χ4v) is 3.39. The highest BCUT2D eigenvalue weighted by atomic mass is 32.2. The topological polar surface area (TPSA) is 24.1 Å². The first-order valence-corrected chi connectivity index (χ1v) is 6.46. The molecule has 4 heteroatoms. The Balaban J connectivity index is 1.92. The van der Waals surface area contributed by atoms with E-state index in [1.54, 1.807) is 0 Å². The van der Waals surface area contributed by atoms with Gasteiger partial charge in [0.05, 0.1) is 16.4 Å². The fourth-order valence-electron chi connectivity index (χ4n) is 1.93.